The van der Waals surface area contributed by atoms with E-state index < -0.39 is 0 Å². The van der Waals surface area contributed by atoms with E-state index in [1.54, 1.807) is 18.2 Å². The average Bonchev–Trinajstić information content (AvgIpc) is 1.86. The molecule has 0 heterocycles. The first-order chi connectivity index (χ1) is 5.04. The summed E-state index contributed by atoms with van der Waals surface area (Å²) in [5, 5.41) is 0. The third-order valence-corrected chi connectivity index (χ3v) is 1.07. The van der Waals surface area contributed by atoms with E-state index in [-0.39, 0.29) is 0 Å². The highest BCUT2D eigenvalue weighted by Gasteiger charge is 1.85. The van der Waals surface area contributed by atoms with Crippen LogP contribution in [0.5, 0.6) is 0 Å². The normalized spacial score (nSPS) is 11.9. The standard InChI is InChI=1S/C9H14N2/c1-7(9(3)11)5-4-6-8(2)10/h4-6H,1,3,10-11H2,2H3/b5-4-,8-6-. The third kappa shape index (κ3) is 5.03. The van der Waals surface area contributed by atoms with Crippen LogP contribution < -0.4 is 11.5 Å². The van der Waals surface area contributed by atoms with Crippen molar-refractivity contribution in [3.05, 3.63) is 48.4 Å². The van der Waals surface area contributed by atoms with Crippen LogP contribution in [0.15, 0.2) is 48.4 Å². The molecule has 0 saturated heterocycles. The first-order valence-electron chi connectivity index (χ1n) is 3.28. The monoisotopic (exact) mass is 150 g/mol. The summed E-state index contributed by atoms with van der Waals surface area (Å²) in [6.07, 6.45) is 5.32. The van der Waals surface area contributed by atoms with Crippen molar-refractivity contribution >= 4 is 0 Å². The maximum absolute atomic E-state index is 5.38. The lowest BCUT2D eigenvalue weighted by Gasteiger charge is -1.94. The van der Waals surface area contributed by atoms with E-state index >= 15 is 0 Å². The van der Waals surface area contributed by atoms with Gasteiger partial charge in [0, 0.05) is 11.4 Å². The Labute approximate surface area is 67.6 Å². The summed E-state index contributed by atoms with van der Waals surface area (Å²) in [7, 11) is 0. The van der Waals surface area contributed by atoms with Crippen LogP contribution >= 0.6 is 0 Å². The molecule has 0 unspecified atom stereocenters. The molecule has 0 fully saturated rings. The molecule has 0 amide bonds. The first-order valence-corrected chi connectivity index (χ1v) is 3.28. The Hall–Kier alpha value is -1.44. The minimum Gasteiger partial charge on any atom is -0.402 e. The second-order valence-electron chi connectivity index (χ2n) is 2.32. The van der Waals surface area contributed by atoms with Crippen LogP contribution in [0.4, 0.5) is 0 Å². The molecule has 0 aromatic heterocycles. The highest BCUT2D eigenvalue weighted by molar-refractivity contribution is 5.34. The van der Waals surface area contributed by atoms with Crippen LogP contribution in [0.25, 0.3) is 0 Å². The fraction of sp³-hybridized carbons (Fsp3) is 0.111. The van der Waals surface area contributed by atoms with Gasteiger partial charge in [-0.3, -0.25) is 0 Å². The highest BCUT2D eigenvalue weighted by atomic mass is 14.6. The van der Waals surface area contributed by atoms with Gasteiger partial charge in [0.15, 0.2) is 0 Å². The molecule has 0 atom stereocenters. The lowest BCUT2D eigenvalue weighted by molar-refractivity contribution is 1.31. The molecule has 4 N–H and O–H groups in total. The van der Waals surface area contributed by atoms with Gasteiger partial charge in [0.25, 0.3) is 0 Å². The predicted octanol–water partition coefficient (Wildman–Crippen LogP) is 1.43. The van der Waals surface area contributed by atoms with E-state index in [0.717, 1.165) is 5.70 Å². The Bertz CT molecular complexity index is 218. The van der Waals surface area contributed by atoms with E-state index in [1.807, 2.05) is 6.92 Å². The summed E-state index contributed by atoms with van der Waals surface area (Å²) >= 11 is 0. The summed E-state index contributed by atoms with van der Waals surface area (Å²) in [6.45, 7) is 9.01. The van der Waals surface area contributed by atoms with Crippen LogP contribution in [-0.2, 0) is 0 Å². The Morgan fingerprint density at radius 3 is 2.18 bits per heavy atom. The van der Waals surface area contributed by atoms with Crippen molar-refractivity contribution in [1.82, 2.24) is 0 Å². The number of rotatable bonds is 3. The van der Waals surface area contributed by atoms with Crippen molar-refractivity contribution in [3.63, 3.8) is 0 Å². The topological polar surface area (TPSA) is 52.0 Å². The number of hydrogen-bond donors (Lipinski definition) is 2. The first kappa shape index (κ1) is 9.56. The molecule has 0 aliphatic rings. The molecule has 0 spiro atoms. The number of allylic oxidation sites excluding steroid dienone is 4. The van der Waals surface area contributed by atoms with E-state index in [2.05, 4.69) is 13.2 Å². The van der Waals surface area contributed by atoms with Gasteiger partial charge in [-0.2, -0.15) is 0 Å². The van der Waals surface area contributed by atoms with Crippen LogP contribution in [0.1, 0.15) is 6.92 Å². The number of hydrogen-bond acceptors (Lipinski definition) is 2. The fourth-order valence-electron chi connectivity index (χ4n) is 0.423. The van der Waals surface area contributed by atoms with Gasteiger partial charge in [0.1, 0.15) is 0 Å². The fourth-order valence-corrected chi connectivity index (χ4v) is 0.423. The van der Waals surface area contributed by atoms with E-state index in [4.69, 9.17) is 11.5 Å². The molecule has 0 aliphatic carbocycles. The summed E-state index contributed by atoms with van der Waals surface area (Å²) in [5.41, 5.74) is 12.7. The van der Waals surface area contributed by atoms with E-state index in [9.17, 15) is 0 Å². The molecular formula is C9H14N2. The van der Waals surface area contributed by atoms with Crippen molar-refractivity contribution in [3.8, 4) is 0 Å². The molecule has 60 valence electrons. The molecule has 2 nitrogen and oxygen atoms in total. The zero-order valence-corrected chi connectivity index (χ0v) is 6.80. The third-order valence-electron chi connectivity index (χ3n) is 1.07. The summed E-state index contributed by atoms with van der Waals surface area (Å²) in [6, 6.07) is 0. The Kier molecular flexibility index (Phi) is 3.81. The highest BCUT2D eigenvalue weighted by Crippen LogP contribution is 1.99. The molecule has 0 rings (SSSR count). The smallest absolute Gasteiger partial charge is 0.0308 e. The average molecular weight is 150 g/mol. The lowest BCUT2D eigenvalue weighted by Crippen LogP contribution is -1.95. The minimum absolute atomic E-state index is 0.476. The minimum atomic E-state index is 0.476. The van der Waals surface area contributed by atoms with E-state index in [0.29, 0.717) is 11.3 Å². The molecule has 0 aliphatic heterocycles. The summed E-state index contributed by atoms with van der Waals surface area (Å²) < 4.78 is 0. The van der Waals surface area contributed by atoms with Gasteiger partial charge in [-0.15, -0.1) is 0 Å². The van der Waals surface area contributed by atoms with Crippen LogP contribution in [0.2, 0.25) is 0 Å². The zero-order valence-electron chi connectivity index (χ0n) is 6.80. The van der Waals surface area contributed by atoms with Gasteiger partial charge in [-0.25, -0.2) is 0 Å². The molecule has 11 heavy (non-hydrogen) atoms. The molecule has 0 aromatic rings. The Balaban J connectivity index is 4.05. The van der Waals surface area contributed by atoms with Crippen LogP contribution in [0.3, 0.4) is 0 Å². The second kappa shape index (κ2) is 4.39. The predicted molar refractivity (Wildman–Crippen MR) is 49.6 cm³/mol. The van der Waals surface area contributed by atoms with Gasteiger partial charge in [-0.05, 0) is 18.6 Å². The van der Waals surface area contributed by atoms with Crippen molar-refractivity contribution in [2.45, 2.75) is 6.92 Å². The molecular weight excluding hydrogens is 136 g/mol. The summed E-state index contributed by atoms with van der Waals surface area (Å²) in [4.78, 5) is 0. The molecule has 2 heteroatoms. The maximum Gasteiger partial charge on any atom is 0.0308 e. The van der Waals surface area contributed by atoms with Gasteiger partial charge < -0.3 is 11.5 Å². The second-order valence-corrected chi connectivity index (χ2v) is 2.32. The van der Waals surface area contributed by atoms with Gasteiger partial charge in [-0.1, -0.05) is 25.3 Å². The largest absolute Gasteiger partial charge is 0.402 e. The quantitative estimate of drug-likeness (QED) is 0.598. The Morgan fingerprint density at radius 1 is 1.27 bits per heavy atom. The van der Waals surface area contributed by atoms with Gasteiger partial charge >= 0.3 is 0 Å². The molecule has 0 bridgehead atoms. The van der Waals surface area contributed by atoms with Crippen molar-refractivity contribution in [2.75, 3.05) is 0 Å². The van der Waals surface area contributed by atoms with Crippen molar-refractivity contribution in [1.29, 1.82) is 0 Å². The lowest BCUT2D eigenvalue weighted by atomic mass is 10.2. The molecule has 0 radical (unpaired) electrons. The van der Waals surface area contributed by atoms with E-state index in [1.165, 1.54) is 0 Å². The molecule has 0 saturated carbocycles. The van der Waals surface area contributed by atoms with Crippen molar-refractivity contribution in [2.24, 2.45) is 11.5 Å². The van der Waals surface area contributed by atoms with Gasteiger partial charge in [0.05, 0.1) is 0 Å². The molecule has 0 aromatic carbocycles. The Morgan fingerprint density at radius 2 is 1.82 bits per heavy atom. The maximum atomic E-state index is 5.38. The zero-order chi connectivity index (χ0) is 8.85. The number of nitrogens with two attached hydrogens (primary N) is 2. The van der Waals surface area contributed by atoms with Crippen molar-refractivity contribution < 1.29 is 0 Å². The van der Waals surface area contributed by atoms with Crippen LogP contribution in [0, 0.1) is 0 Å². The summed E-state index contributed by atoms with van der Waals surface area (Å²) in [5.74, 6) is 0. The van der Waals surface area contributed by atoms with Gasteiger partial charge in [0.2, 0.25) is 0 Å². The van der Waals surface area contributed by atoms with Crippen LogP contribution in [-0.4, -0.2) is 0 Å². The SMILES string of the molecule is C=C(N)C(=C)/C=C\C=C(\C)N.